The third-order valence-corrected chi connectivity index (χ3v) is 9.63. The van der Waals surface area contributed by atoms with Crippen molar-refractivity contribution in [2.45, 2.75) is 90.3 Å². The number of hydrogen-bond donors (Lipinski definition) is 2. The molecule has 3 nitrogen and oxygen atoms in total. The van der Waals surface area contributed by atoms with E-state index in [1.807, 2.05) is 0 Å². The van der Waals surface area contributed by atoms with Crippen LogP contribution in [0, 0.1) is 34.5 Å². The molecule has 0 aromatic heterocycles. The largest absolute Gasteiger partial charge is 0.497 e. The first-order valence-corrected chi connectivity index (χ1v) is 11.8. The van der Waals surface area contributed by atoms with Crippen LogP contribution < -0.4 is 0 Å². The number of rotatable bonds is 3. The summed E-state index contributed by atoms with van der Waals surface area (Å²) in [7, 11) is 0. The van der Waals surface area contributed by atoms with E-state index in [-0.39, 0.29) is 23.0 Å². The molecule has 0 aromatic rings. The van der Waals surface area contributed by atoms with Crippen LogP contribution in [0.2, 0.25) is 0 Å². The molecule has 0 bridgehead atoms. The lowest BCUT2D eigenvalue weighted by molar-refractivity contribution is -0.114. The zero-order valence-corrected chi connectivity index (χ0v) is 17.7. The van der Waals surface area contributed by atoms with Gasteiger partial charge in [0.25, 0.3) is 0 Å². The summed E-state index contributed by atoms with van der Waals surface area (Å²) in [5.74, 6) is 3.80. The summed E-state index contributed by atoms with van der Waals surface area (Å²) in [5, 5.41) is 21.2. The average molecular weight is 387 g/mol. The monoisotopic (exact) mass is 386 g/mol. The molecule has 5 aliphatic carbocycles. The van der Waals surface area contributed by atoms with Crippen molar-refractivity contribution in [3.63, 3.8) is 0 Å². The second-order valence-corrected chi connectivity index (χ2v) is 10.9. The Morgan fingerprint density at radius 3 is 2.75 bits per heavy atom. The molecule has 3 unspecified atom stereocenters. The summed E-state index contributed by atoms with van der Waals surface area (Å²) in [6.45, 7) is 5.60. The van der Waals surface area contributed by atoms with Gasteiger partial charge in [-0.25, -0.2) is 0 Å². The topological polar surface area (TPSA) is 49.7 Å². The molecule has 0 radical (unpaired) electrons. The van der Waals surface area contributed by atoms with Crippen LogP contribution in [0.3, 0.4) is 0 Å². The fourth-order valence-electron chi connectivity index (χ4n) is 8.10. The molecule has 0 saturated heterocycles. The van der Waals surface area contributed by atoms with Gasteiger partial charge in [0.15, 0.2) is 0 Å². The Balaban J connectivity index is 1.50. The maximum atomic E-state index is 10.8. The van der Waals surface area contributed by atoms with E-state index in [1.165, 1.54) is 30.6 Å². The van der Waals surface area contributed by atoms with Crippen LogP contribution in [-0.4, -0.2) is 29.0 Å². The molecule has 0 spiro atoms. The highest BCUT2D eigenvalue weighted by Gasteiger charge is 2.61. The van der Waals surface area contributed by atoms with Gasteiger partial charge in [-0.1, -0.05) is 25.5 Å². The van der Waals surface area contributed by atoms with Crippen molar-refractivity contribution in [2.24, 2.45) is 34.5 Å². The average Bonchev–Trinajstić information content (AvgIpc) is 3.29. The lowest BCUT2D eigenvalue weighted by Crippen LogP contribution is -2.56. The summed E-state index contributed by atoms with van der Waals surface area (Å²) in [4.78, 5) is 0. The van der Waals surface area contributed by atoms with Gasteiger partial charge in [0.05, 0.1) is 24.6 Å². The third-order valence-electron chi connectivity index (χ3n) is 9.63. The fraction of sp³-hybridized carbons (Fsp3) is 0.840. The Bertz CT molecular complexity index is 681. The van der Waals surface area contributed by atoms with Crippen molar-refractivity contribution < 1.29 is 14.9 Å². The van der Waals surface area contributed by atoms with E-state index in [0.717, 1.165) is 51.6 Å². The molecule has 0 aromatic carbocycles. The molecule has 5 aliphatic rings. The van der Waals surface area contributed by atoms with Gasteiger partial charge in [0, 0.05) is 11.8 Å². The van der Waals surface area contributed by atoms with E-state index in [9.17, 15) is 10.2 Å². The van der Waals surface area contributed by atoms with Gasteiger partial charge in [-0.3, -0.25) is 0 Å². The first kappa shape index (κ1) is 19.2. The van der Waals surface area contributed by atoms with Crippen LogP contribution in [0.1, 0.15) is 78.1 Å². The smallest absolute Gasteiger partial charge is 0.0973 e. The molecule has 8 atom stereocenters. The van der Waals surface area contributed by atoms with Crippen molar-refractivity contribution >= 4 is 0 Å². The summed E-state index contributed by atoms with van der Waals surface area (Å²) in [5.41, 5.74) is 1.70. The maximum Gasteiger partial charge on any atom is 0.0973 e. The maximum absolute atomic E-state index is 10.8. The van der Waals surface area contributed by atoms with E-state index in [1.54, 1.807) is 0 Å². The van der Waals surface area contributed by atoms with E-state index in [2.05, 4.69) is 26.0 Å². The minimum atomic E-state index is -0.278. The zero-order chi connectivity index (χ0) is 19.5. The van der Waals surface area contributed by atoms with Gasteiger partial charge in [-0.2, -0.15) is 0 Å². The molecular weight excluding hydrogens is 348 g/mol. The van der Waals surface area contributed by atoms with Crippen LogP contribution in [0.15, 0.2) is 23.5 Å². The first-order chi connectivity index (χ1) is 13.4. The minimum Gasteiger partial charge on any atom is -0.497 e. The summed E-state index contributed by atoms with van der Waals surface area (Å²) >= 11 is 0. The number of ether oxygens (including phenoxy) is 1. The first-order valence-electron chi connectivity index (χ1n) is 11.8. The van der Waals surface area contributed by atoms with Crippen LogP contribution in [0.5, 0.6) is 0 Å². The standard InChI is InChI=1S/C25H38O3/c1-16-13-17-14-18(26)9-12-25(17,15-28-19-5-3-4-6-19)21-10-11-24(2)20(23(16)21)7-8-22(24)27/h5,14,16,18,20-23,26-27H,3-4,6-13,15H2,1-2H3/t16?,18?,20-,21+,22?,23-,24-,25+/m0/s1. The molecule has 3 heteroatoms. The highest BCUT2D eigenvalue weighted by atomic mass is 16.5. The number of aliphatic hydroxyl groups is 2. The summed E-state index contributed by atoms with van der Waals surface area (Å²) in [6, 6.07) is 0. The van der Waals surface area contributed by atoms with Gasteiger partial charge >= 0.3 is 0 Å². The van der Waals surface area contributed by atoms with Crippen molar-refractivity contribution in [1.29, 1.82) is 0 Å². The predicted molar refractivity (Wildman–Crippen MR) is 110 cm³/mol. The van der Waals surface area contributed by atoms with Gasteiger partial charge < -0.3 is 14.9 Å². The number of allylic oxidation sites excluding steroid dienone is 2. The van der Waals surface area contributed by atoms with E-state index in [0.29, 0.717) is 23.7 Å². The van der Waals surface area contributed by atoms with E-state index < -0.39 is 0 Å². The molecule has 3 fully saturated rings. The minimum absolute atomic E-state index is 0.106. The predicted octanol–water partition coefficient (Wildman–Crippen LogP) is 4.98. The van der Waals surface area contributed by atoms with E-state index in [4.69, 9.17) is 4.74 Å². The number of fused-ring (bicyclic) bond motifs is 5. The molecule has 28 heavy (non-hydrogen) atoms. The normalized spacial score (nSPS) is 50.3. The zero-order valence-electron chi connectivity index (χ0n) is 17.7. The summed E-state index contributed by atoms with van der Waals surface area (Å²) in [6.07, 6.45) is 15.1. The van der Waals surface area contributed by atoms with Crippen LogP contribution in [0.25, 0.3) is 0 Å². The van der Waals surface area contributed by atoms with Gasteiger partial charge in [-0.05, 0) is 93.0 Å². The molecular formula is C25H38O3. The summed E-state index contributed by atoms with van der Waals surface area (Å²) < 4.78 is 6.47. The Labute approximate surface area is 170 Å². The van der Waals surface area contributed by atoms with Crippen LogP contribution >= 0.6 is 0 Å². The van der Waals surface area contributed by atoms with Crippen LogP contribution in [0.4, 0.5) is 0 Å². The van der Waals surface area contributed by atoms with Crippen molar-refractivity contribution in [1.82, 2.24) is 0 Å². The van der Waals surface area contributed by atoms with Gasteiger partial charge in [0.1, 0.15) is 0 Å². The molecule has 156 valence electrons. The Hall–Kier alpha value is -0.800. The van der Waals surface area contributed by atoms with Crippen LogP contribution in [-0.2, 0) is 4.74 Å². The van der Waals surface area contributed by atoms with Crippen molar-refractivity contribution in [3.8, 4) is 0 Å². The Kier molecular flexibility index (Phi) is 4.71. The molecule has 2 N–H and O–H groups in total. The van der Waals surface area contributed by atoms with Crippen molar-refractivity contribution in [2.75, 3.05) is 6.61 Å². The second kappa shape index (κ2) is 6.87. The Morgan fingerprint density at radius 2 is 1.96 bits per heavy atom. The number of aliphatic hydroxyl groups excluding tert-OH is 2. The molecule has 5 rings (SSSR count). The molecule has 3 saturated carbocycles. The van der Waals surface area contributed by atoms with Gasteiger partial charge in [0.2, 0.25) is 0 Å². The molecule has 0 amide bonds. The molecule has 0 aliphatic heterocycles. The number of hydrogen-bond acceptors (Lipinski definition) is 3. The Morgan fingerprint density at radius 1 is 1.11 bits per heavy atom. The quantitative estimate of drug-likeness (QED) is 0.673. The lowest BCUT2D eigenvalue weighted by Gasteiger charge is -2.60. The highest BCUT2D eigenvalue weighted by Crippen LogP contribution is 2.66. The lowest BCUT2D eigenvalue weighted by atomic mass is 9.45. The molecule has 0 heterocycles. The third kappa shape index (κ3) is 2.75. The second-order valence-electron chi connectivity index (χ2n) is 10.9. The van der Waals surface area contributed by atoms with E-state index >= 15 is 0 Å². The SMILES string of the molecule is CC1CC2=CC(O)CC[C@]2(COC2=CCCC2)[C@@H]2CC[C@]3(C)C(O)CC[C@H]3[C@H]12. The highest BCUT2D eigenvalue weighted by molar-refractivity contribution is 5.28. The fourth-order valence-corrected chi connectivity index (χ4v) is 8.10. The van der Waals surface area contributed by atoms with Crippen molar-refractivity contribution in [3.05, 3.63) is 23.5 Å². The van der Waals surface area contributed by atoms with Gasteiger partial charge in [-0.15, -0.1) is 0 Å².